The Hall–Kier alpha value is 0.830. The number of hydrogen-bond donors (Lipinski definition) is 0. The fourth-order valence-electron chi connectivity index (χ4n) is 2.01. The van der Waals surface area contributed by atoms with Gasteiger partial charge < -0.3 is 0 Å². The summed E-state index contributed by atoms with van der Waals surface area (Å²) in [6.45, 7) is 13.1. The maximum atomic E-state index is 2.54. The zero-order valence-corrected chi connectivity index (χ0v) is 14.0. The van der Waals surface area contributed by atoms with Crippen LogP contribution in [-0.4, -0.2) is 46.0 Å². The minimum absolute atomic E-state index is 0.942. The molecule has 0 unspecified atom stereocenters. The van der Waals surface area contributed by atoms with Crippen molar-refractivity contribution in [1.29, 1.82) is 0 Å². The van der Waals surface area contributed by atoms with E-state index in [1.54, 1.807) is 12.5 Å². The van der Waals surface area contributed by atoms with Gasteiger partial charge in [0, 0.05) is 0 Å². The zero-order valence-electron chi connectivity index (χ0n) is 10.7. The van der Waals surface area contributed by atoms with E-state index in [4.69, 9.17) is 0 Å². The molecule has 0 aliphatic rings. The van der Waals surface area contributed by atoms with Crippen molar-refractivity contribution in [2.24, 2.45) is 0 Å². The molecule has 0 aliphatic heterocycles. The van der Waals surface area contributed by atoms with Crippen LogP contribution in [0.4, 0.5) is 0 Å². The van der Waals surface area contributed by atoms with Crippen molar-refractivity contribution >= 4 is 21.4 Å². The summed E-state index contributed by atoms with van der Waals surface area (Å²) in [5, 5.41) is 0. The molecule has 2 heteroatoms. The van der Waals surface area contributed by atoms with Gasteiger partial charge in [-0.1, -0.05) is 0 Å². The fraction of sp³-hybridized carbons (Fsp3) is 1.00. The summed E-state index contributed by atoms with van der Waals surface area (Å²) in [4.78, 5) is 2.54. The predicted octanol–water partition coefficient (Wildman–Crippen LogP) is 3.64. The van der Waals surface area contributed by atoms with Crippen molar-refractivity contribution in [1.82, 2.24) is 4.90 Å². The van der Waals surface area contributed by atoms with Gasteiger partial charge in [-0.15, -0.1) is 0 Å². The maximum absolute atomic E-state index is 2.54. The standard InChI is InChI=1S/C8H18N.2C2H5.In/c1-4-7-8-9(5-2)6-3;2*1-2;/h1,4-8H2,2-3H3;2*1H2,2H3;. The molecule has 1 nitrogen and oxygen atoms in total. The summed E-state index contributed by atoms with van der Waals surface area (Å²) in [6, 6.07) is 0. The second-order valence-electron chi connectivity index (χ2n) is 4.21. The van der Waals surface area contributed by atoms with Crippen LogP contribution in [0.25, 0.3) is 0 Å². The average molecular weight is 301 g/mol. The minimum atomic E-state index is -0.942. The summed E-state index contributed by atoms with van der Waals surface area (Å²) in [5.41, 5.74) is 0. The van der Waals surface area contributed by atoms with Crippen LogP contribution in [0.5, 0.6) is 0 Å². The van der Waals surface area contributed by atoms with E-state index in [1.807, 2.05) is 0 Å². The van der Waals surface area contributed by atoms with Gasteiger partial charge in [0.1, 0.15) is 0 Å². The van der Waals surface area contributed by atoms with E-state index in [9.17, 15) is 0 Å². The van der Waals surface area contributed by atoms with Crippen molar-refractivity contribution in [3.05, 3.63) is 0 Å². The van der Waals surface area contributed by atoms with E-state index in [2.05, 4.69) is 32.6 Å². The number of rotatable bonds is 9. The molecule has 0 aromatic rings. The summed E-state index contributed by atoms with van der Waals surface area (Å²) in [5.74, 6) is 0. The van der Waals surface area contributed by atoms with Crippen molar-refractivity contribution in [2.45, 2.75) is 53.1 Å². The molecular weight excluding hydrogens is 273 g/mol. The first-order valence-electron chi connectivity index (χ1n) is 6.50. The molecule has 84 valence electrons. The van der Waals surface area contributed by atoms with E-state index >= 15 is 0 Å². The topological polar surface area (TPSA) is 3.24 Å². The summed E-state index contributed by atoms with van der Waals surface area (Å²) in [7, 11) is 0. The summed E-state index contributed by atoms with van der Waals surface area (Å²) < 4.78 is 4.79. The third-order valence-electron chi connectivity index (χ3n) is 3.39. The second-order valence-corrected chi connectivity index (χ2v) is 15.5. The van der Waals surface area contributed by atoms with Gasteiger partial charge in [-0.3, -0.25) is 0 Å². The Balaban J connectivity index is 3.35. The van der Waals surface area contributed by atoms with Crippen LogP contribution in [0, 0.1) is 0 Å². The Bertz CT molecular complexity index is 94.9. The molecule has 0 spiro atoms. The Kier molecular flexibility index (Phi) is 11.0. The van der Waals surface area contributed by atoms with Crippen LogP contribution in [0.2, 0.25) is 12.5 Å². The first kappa shape index (κ1) is 14.8. The van der Waals surface area contributed by atoms with Crippen LogP contribution in [0.15, 0.2) is 0 Å². The molecule has 0 aliphatic carbocycles. The van der Waals surface area contributed by atoms with Gasteiger partial charge in [-0.05, 0) is 0 Å². The van der Waals surface area contributed by atoms with E-state index < -0.39 is 21.4 Å². The Labute approximate surface area is 98.8 Å². The number of hydrogen-bond acceptors (Lipinski definition) is 1. The molecule has 0 saturated carbocycles. The quantitative estimate of drug-likeness (QED) is 0.588. The second kappa shape index (κ2) is 10.4. The number of unbranched alkanes of at least 4 members (excludes halogenated alkanes) is 1. The van der Waals surface area contributed by atoms with Gasteiger partial charge in [0.05, 0.1) is 0 Å². The zero-order chi connectivity index (χ0) is 10.8. The average Bonchev–Trinajstić information content (AvgIpc) is 2.24. The molecule has 0 rings (SSSR count). The molecule has 0 N–H and O–H groups in total. The van der Waals surface area contributed by atoms with Gasteiger partial charge in [-0.2, -0.15) is 0 Å². The predicted molar refractivity (Wildman–Crippen MR) is 68.5 cm³/mol. The van der Waals surface area contributed by atoms with Gasteiger partial charge >= 0.3 is 99.0 Å². The van der Waals surface area contributed by atoms with E-state index in [1.165, 1.54) is 32.5 Å². The van der Waals surface area contributed by atoms with Crippen LogP contribution in [-0.2, 0) is 0 Å². The Morgan fingerprint density at radius 3 is 1.86 bits per heavy atom. The van der Waals surface area contributed by atoms with Crippen LogP contribution < -0.4 is 0 Å². The molecule has 0 radical (unpaired) electrons. The molecule has 0 aromatic heterocycles. The molecule has 0 amide bonds. The summed E-state index contributed by atoms with van der Waals surface area (Å²) >= 11 is -0.942. The van der Waals surface area contributed by atoms with Crippen LogP contribution >= 0.6 is 0 Å². The molecule has 0 atom stereocenters. The van der Waals surface area contributed by atoms with Crippen molar-refractivity contribution in [3.8, 4) is 0 Å². The van der Waals surface area contributed by atoms with E-state index in [-0.39, 0.29) is 0 Å². The monoisotopic (exact) mass is 301 g/mol. The Morgan fingerprint density at radius 2 is 1.43 bits per heavy atom. The molecule has 0 saturated heterocycles. The third-order valence-corrected chi connectivity index (χ3v) is 13.5. The molecule has 0 bridgehead atoms. The number of nitrogens with zero attached hydrogens (tertiary/aromatic N) is 1. The first-order valence-corrected chi connectivity index (χ1v) is 13.5. The van der Waals surface area contributed by atoms with Crippen LogP contribution in [0.3, 0.4) is 0 Å². The van der Waals surface area contributed by atoms with Gasteiger partial charge in [0.2, 0.25) is 0 Å². The van der Waals surface area contributed by atoms with Crippen molar-refractivity contribution in [2.75, 3.05) is 19.6 Å². The molecule has 0 fully saturated rings. The molecular formula is C12H28InN. The van der Waals surface area contributed by atoms with Crippen molar-refractivity contribution < 1.29 is 0 Å². The normalized spacial score (nSPS) is 10.9. The third kappa shape index (κ3) is 7.17. The van der Waals surface area contributed by atoms with E-state index in [0.29, 0.717) is 0 Å². The van der Waals surface area contributed by atoms with Crippen molar-refractivity contribution in [3.63, 3.8) is 0 Å². The summed E-state index contributed by atoms with van der Waals surface area (Å²) in [6.07, 6.45) is 2.95. The SMILES string of the molecule is CCN(CC)CCC[CH2][In]([CH2]C)[CH2]C. The fourth-order valence-corrected chi connectivity index (χ4v) is 8.46. The van der Waals surface area contributed by atoms with Gasteiger partial charge in [0.25, 0.3) is 0 Å². The van der Waals surface area contributed by atoms with Gasteiger partial charge in [-0.25, -0.2) is 0 Å². The van der Waals surface area contributed by atoms with Crippen LogP contribution in [0.1, 0.15) is 40.5 Å². The van der Waals surface area contributed by atoms with Gasteiger partial charge in [0.15, 0.2) is 0 Å². The molecule has 14 heavy (non-hydrogen) atoms. The first-order chi connectivity index (χ1) is 6.78. The van der Waals surface area contributed by atoms with E-state index in [0.717, 1.165) is 0 Å². The molecule has 0 heterocycles. The Morgan fingerprint density at radius 1 is 0.857 bits per heavy atom. The molecule has 0 aromatic carbocycles.